The number of pyridine rings is 1. The van der Waals surface area contributed by atoms with Crippen LogP contribution in [0.4, 0.5) is 5.82 Å². The summed E-state index contributed by atoms with van der Waals surface area (Å²) in [7, 11) is 0. The van der Waals surface area contributed by atoms with Crippen LogP contribution in [0.2, 0.25) is 0 Å². The fourth-order valence-electron chi connectivity index (χ4n) is 2.51. The Morgan fingerprint density at radius 3 is 2.67 bits per heavy atom. The van der Waals surface area contributed by atoms with Crippen molar-refractivity contribution in [2.45, 2.75) is 6.54 Å². The topological polar surface area (TPSA) is 69.2 Å². The molecule has 0 atom stereocenters. The van der Waals surface area contributed by atoms with Gasteiger partial charge in [0.2, 0.25) is 0 Å². The Kier molecular flexibility index (Phi) is 3.93. The van der Waals surface area contributed by atoms with Gasteiger partial charge in [0, 0.05) is 30.1 Å². The molecular formula is C18H16N4O2. The molecule has 0 bridgehead atoms. The molecule has 0 aliphatic carbocycles. The van der Waals surface area contributed by atoms with Gasteiger partial charge in [-0.05, 0) is 30.3 Å². The predicted molar refractivity (Wildman–Crippen MR) is 90.0 cm³/mol. The Morgan fingerprint density at radius 2 is 1.79 bits per heavy atom. The molecule has 1 aliphatic heterocycles. The van der Waals surface area contributed by atoms with Gasteiger partial charge in [-0.3, -0.25) is 0 Å². The predicted octanol–water partition coefficient (Wildman–Crippen LogP) is 2.92. The zero-order valence-electron chi connectivity index (χ0n) is 13.0. The molecule has 3 heterocycles. The molecule has 0 unspecified atom stereocenters. The molecule has 0 radical (unpaired) electrons. The van der Waals surface area contributed by atoms with Crippen molar-refractivity contribution in [3.63, 3.8) is 0 Å². The van der Waals surface area contributed by atoms with Crippen LogP contribution < -0.4 is 14.8 Å². The summed E-state index contributed by atoms with van der Waals surface area (Å²) >= 11 is 0. The second kappa shape index (κ2) is 6.54. The number of nitrogens with zero attached hydrogens (tertiary/aromatic N) is 3. The molecule has 4 rings (SSSR count). The number of nitrogens with one attached hydrogen (secondary N) is 1. The molecule has 6 heteroatoms. The third kappa shape index (κ3) is 3.12. The number of hydrogen-bond acceptors (Lipinski definition) is 6. The first-order valence-corrected chi connectivity index (χ1v) is 7.73. The number of hydrogen-bond donors (Lipinski definition) is 1. The molecule has 1 N–H and O–H groups in total. The number of ether oxygens (including phenoxy) is 2. The summed E-state index contributed by atoms with van der Waals surface area (Å²) in [4.78, 5) is 12.7. The summed E-state index contributed by atoms with van der Waals surface area (Å²) in [5.41, 5.74) is 2.87. The molecule has 2 aromatic heterocycles. The third-order valence-corrected chi connectivity index (χ3v) is 3.67. The second-order valence-electron chi connectivity index (χ2n) is 5.37. The lowest BCUT2D eigenvalue weighted by molar-refractivity contribution is 0.171. The Labute approximate surface area is 139 Å². The maximum Gasteiger partial charge on any atom is 0.162 e. The SMILES string of the molecule is c1cc(NCc2cncnc2)nc(-c2ccc3c(c2)OCCO3)c1. The summed E-state index contributed by atoms with van der Waals surface area (Å²) in [6.07, 6.45) is 5.08. The number of rotatable bonds is 4. The fraction of sp³-hybridized carbons (Fsp3) is 0.167. The fourth-order valence-corrected chi connectivity index (χ4v) is 2.51. The quantitative estimate of drug-likeness (QED) is 0.797. The summed E-state index contributed by atoms with van der Waals surface area (Å²) in [5, 5.41) is 3.29. The molecule has 1 aromatic carbocycles. The average Bonchev–Trinajstić information content (AvgIpc) is 2.67. The first-order chi connectivity index (χ1) is 11.9. The van der Waals surface area contributed by atoms with Crippen molar-refractivity contribution in [3.8, 4) is 22.8 Å². The van der Waals surface area contributed by atoms with Crippen molar-refractivity contribution >= 4 is 5.82 Å². The van der Waals surface area contributed by atoms with E-state index in [0.717, 1.165) is 34.1 Å². The van der Waals surface area contributed by atoms with Crippen LogP contribution >= 0.6 is 0 Å². The average molecular weight is 320 g/mol. The van der Waals surface area contributed by atoms with E-state index in [2.05, 4.69) is 20.3 Å². The molecule has 0 saturated carbocycles. The second-order valence-corrected chi connectivity index (χ2v) is 5.37. The Bertz CT molecular complexity index is 839. The van der Waals surface area contributed by atoms with Crippen molar-refractivity contribution in [2.24, 2.45) is 0 Å². The van der Waals surface area contributed by atoms with E-state index < -0.39 is 0 Å². The van der Waals surface area contributed by atoms with Crippen LogP contribution in [0, 0.1) is 0 Å². The van der Waals surface area contributed by atoms with E-state index >= 15 is 0 Å². The Hall–Kier alpha value is -3.15. The summed E-state index contributed by atoms with van der Waals surface area (Å²) in [6, 6.07) is 11.8. The van der Waals surface area contributed by atoms with Gasteiger partial charge >= 0.3 is 0 Å². The van der Waals surface area contributed by atoms with Gasteiger partial charge in [0.15, 0.2) is 11.5 Å². The maximum atomic E-state index is 5.64. The lowest BCUT2D eigenvalue weighted by Crippen LogP contribution is -2.15. The van der Waals surface area contributed by atoms with Gasteiger partial charge in [-0.25, -0.2) is 15.0 Å². The first-order valence-electron chi connectivity index (χ1n) is 7.73. The lowest BCUT2D eigenvalue weighted by atomic mass is 10.1. The van der Waals surface area contributed by atoms with Crippen LogP contribution in [-0.4, -0.2) is 28.2 Å². The highest BCUT2D eigenvalue weighted by Gasteiger charge is 2.13. The summed E-state index contributed by atoms with van der Waals surface area (Å²) in [5.74, 6) is 2.34. The van der Waals surface area contributed by atoms with Gasteiger partial charge < -0.3 is 14.8 Å². The highest BCUT2D eigenvalue weighted by atomic mass is 16.6. The first kappa shape index (κ1) is 14.4. The van der Waals surface area contributed by atoms with Gasteiger partial charge in [-0.2, -0.15) is 0 Å². The molecule has 24 heavy (non-hydrogen) atoms. The van der Waals surface area contributed by atoms with Crippen LogP contribution in [0.25, 0.3) is 11.3 Å². The molecule has 0 amide bonds. The standard InChI is InChI=1S/C18H16N4O2/c1-2-15(14-4-5-16-17(8-14)24-7-6-23-16)22-18(3-1)21-11-13-9-19-12-20-10-13/h1-5,8-10,12H,6-7,11H2,(H,21,22). The van der Waals surface area contributed by atoms with Crippen molar-refractivity contribution in [1.29, 1.82) is 0 Å². The van der Waals surface area contributed by atoms with Gasteiger partial charge in [0.05, 0.1) is 5.69 Å². The highest BCUT2D eigenvalue weighted by Crippen LogP contribution is 2.34. The van der Waals surface area contributed by atoms with Crippen LogP contribution in [0.15, 0.2) is 55.1 Å². The van der Waals surface area contributed by atoms with E-state index in [1.165, 1.54) is 6.33 Å². The number of aromatic nitrogens is 3. The van der Waals surface area contributed by atoms with E-state index in [4.69, 9.17) is 9.47 Å². The zero-order valence-corrected chi connectivity index (χ0v) is 13.0. The minimum absolute atomic E-state index is 0.574. The van der Waals surface area contributed by atoms with Crippen LogP contribution in [0.1, 0.15) is 5.56 Å². The Morgan fingerprint density at radius 1 is 0.958 bits per heavy atom. The van der Waals surface area contributed by atoms with Crippen molar-refractivity contribution in [2.75, 3.05) is 18.5 Å². The van der Waals surface area contributed by atoms with Crippen LogP contribution in [-0.2, 0) is 6.54 Å². The monoisotopic (exact) mass is 320 g/mol. The van der Waals surface area contributed by atoms with Crippen molar-refractivity contribution in [3.05, 3.63) is 60.7 Å². The molecule has 0 saturated heterocycles. The van der Waals surface area contributed by atoms with E-state index in [1.807, 2.05) is 36.4 Å². The van der Waals surface area contributed by atoms with E-state index in [9.17, 15) is 0 Å². The van der Waals surface area contributed by atoms with Crippen molar-refractivity contribution < 1.29 is 9.47 Å². The van der Waals surface area contributed by atoms with Gasteiger partial charge in [0.1, 0.15) is 25.4 Å². The zero-order chi connectivity index (χ0) is 16.2. The highest BCUT2D eigenvalue weighted by molar-refractivity contribution is 5.65. The molecule has 0 spiro atoms. The largest absolute Gasteiger partial charge is 0.486 e. The molecule has 1 aliphatic rings. The number of benzene rings is 1. The molecule has 6 nitrogen and oxygen atoms in total. The maximum absolute atomic E-state index is 5.64. The normalized spacial score (nSPS) is 12.7. The number of fused-ring (bicyclic) bond motifs is 1. The van der Waals surface area contributed by atoms with Gasteiger partial charge in [0.25, 0.3) is 0 Å². The molecular weight excluding hydrogens is 304 g/mol. The van der Waals surface area contributed by atoms with Crippen LogP contribution in [0.5, 0.6) is 11.5 Å². The van der Waals surface area contributed by atoms with E-state index in [-0.39, 0.29) is 0 Å². The lowest BCUT2D eigenvalue weighted by Gasteiger charge is -2.18. The minimum Gasteiger partial charge on any atom is -0.486 e. The molecule has 120 valence electrons. The summed E-state index contributed by atoms with van der Waals surface area (Å²) in [6.45, 7) is 1.79. The molecule has 3 aromatic rings. The number of anilines is 1. The molecule has 0 fully saturated rings. The minimum atomic E-state index is 0.574. The Balaban J connectivity index is 1.54. The summed E-state index contributed by atoms with van der Waals surface area (Å²) < 4.78 is 11.2. The van der Waals surface area contributed by atoms with Crippen LogP contribution in [0.3, 0.4) is 0 Å². The van der Waals surface area contributed by atoms with E-state index in [0.29, 0.717) is 19.8 Å². The smallest absolute Gasteiger partial charge is 0.162 e. The third-order valence-electron chi connectivity index (χ3n) is 3.67. The van der Waals surface area contributed by atoms with Gasteiger partial charge in [-0.15, -0.1) is 0 Å². The van der Waals surface area contributed by atoms with E-state index in [1.54, 1.807) is 12.4 Å². The van der Waals surface area contributed by atoms with Crippen molar-refractivity contribution in [1.82, 2.24) is 15.0 Å². The van der Waals surface area contributed by atoms with Gasteiger partial charge in [-0.1, -0.05) is 6.07 Å².